The molecule has 0 fully saturated rings. The van der Waals surface area contributed by atoms with Crippen LogP contribution in [0.3, 0.4) is 0 Å². The van der Waals surface area contributed by atoms with Crippen molar-refractivity contribution in [2.45, 2.75) is 81.1 Å². The monoisotopic (exact) mass is 284 g/mol. The first-order valence-electron chi connectivity index (χ1n) is 8.04. The molecule has 0 aromatic carbocycles. The summed E-state index contributed by atoms with van der Waals surface area (Å²) in [5, 5.41) is 9.49. The van der Waals surface area contributed by atoms with Gasteiger partial charge < -0.3 is 5.11 Å². The Kier molecular flexibility index (Phi) is 7.27. The molecule has 0 aromatic heterocycles. The number of carboxylic acid groups (broad SMARTS) is 1. The van der Waals surface area contributed by atoms with E-state index in [4.69, 9.17) is 0 Å². The summed E-state index contributed by atoms with van der Waals surface area (Å²) in [7, 11) is 0. The molecule has 0 aliphatic carbocycles. The minimum atomic E-state index is -0.621. The first kappa shape index (κ1) is 19.5. The standard InChI is InChI=1S/C18H36O2/c1-13(11-17(3,4)5)9-10-15(16(19)20)14(2)12-18(6,7)8/h13-15H,9-12H2,1-8H3,(H,19,20)/t13-,14-,15+/m1/s1. The number of carbonyl (C=O) groups is 1. The molecule has 0 bridgehead atoms. The van der Waals surface area contributed by atoms with Crippen molar-refractivity contribution in [3.8, 4) is 0 Å². The van der Waals surface area contributed by atoms with Crippen LogP contribution in [0.5, 0.6) is 0 Å². The van der Waals surface area contributed by atoms with Crippen molar-refractivity contribution in [2.24, 2.45) is 28.6 Å². The van der Waals surface area contributed by atoms with E-state index in [0.29, 0.717) is 11.3 Å². The van der Waals surface area contributed by atoms with Crippen LogP contribution in [0.1, 0.15) is 81.1 Å². The summed E-state index contributed by atoms with van der Waals surface area (Å²) < 4.78 is 0. The van der Waals surface area contributed by atoms with Crippen LogP contribution in [0, 0.1) is 28.6 Å². The maximum atomic E-state index is 11.5. The molecule has 0 aliphatic rings. The van der Waals surface area contributed by atoms with Gasteiger partial charge in [0.25, 0.3) is 0 Å². The van der Waals surface area contributed by atoms with E-state index in [-0.39, 0.29) is 17.3 Å². The smallest absolute Gasteiger partial charge is 0.306 e. The summed E-state index contributed by atoms with van der Waals surface area (Å²) in [6.07, 6.45) is 3.96. The van der Waals surface area contributed by atoms with Crippen molar-refractivity contribution in [1.29, 1.82) is 0 Å². The molecule has 0 amide bonds. The predicted octanol–water partition coefficient (Wildman–Crippen LogP) is 5.61. The van der Waals surface area contributed by atoms with Gasteiger partial charge in [-0.2, -0.15) is 0 Å². The van der Waals surface area contributed by atoms with Crippen LogP contribution in [-0.2, 0) is 4.79 Å². The van der Waals surface area contributed by atoms with E-state index in [1.54, 1.807) is 0 Å². The van der Waals surface area contributed by atoms with Gasteiger partial charge in [-0.3, -0.25) is 4.79 Å². The van der Waals surface area contributed by atoms with Crippen LogP contribution in [0.4, 0.5) is 0 Å². The number of carboxylic acids is 1. The number of rotatable bonds is 7. The van der Waals surface area contributed by atoms with Crippen molar-refractivity contribution in [3.63, 3.8) is 0 Å². The van der Waals surface area contributed by atoms with Gasteiger partial charge in [0, 0.05) is 0 Å². The quantitative estimate of drug-likeness (QED) is 0.659. The van der Waals surface area contributed by atoms with Crippen molar-refractivity contribution in [1.82, 2.24) is 0 Å². The SMILES string of the molecule is C[C@H](CC[C@H](C(=O)O)[C@H](C)CC(C)(C)C)CC(C)(C)C. The topological polar surface area (TPSA) is 37.3 Å². The highest BCUT2D eigenvalue weighted by Crippen LogP contribution is 2.33. The van der Waals surface area contributed by atoms with Gasteiger partial charge in [0.1, 0.15) is 0 Å². The van der Waals surface area contributed by atoms with Gasteiger partial charge in [-0.15, -0.1) is 0 Å². The largest absolute Gasteiger partial charge is 0.481 e. The minimum Gasteiger partial charge on any atom is -0.481 e. The van der Waals surface area contributed by atoms with E-state index < -0.39 is 5.97 Å². The molecule has 0 aromatic rings. The highest BCUT2D eigenvalue weighted by molar-refractivity contribution is 5.70. The minimum absolute atomic E-state index is 0.198. The van der Waals surface area contributed by atoms with Crippen molar-refractivity contribution in [3.05, 3.63) is 0 Å². The second kappa shape index (κ2) is 7.47. The van der Waals surface area contributed by atoms with Crippen LogP contribution in [0.2, 0.25) is 0 Å². The van der Waals surface area contributed by atoms with Crippen molar-refractivity contribution >= 4 is 5.97 Å². The Balaban J connectivity index is 4.46. The summed E-state index contributed by atoms with van der Waals surface area (Å²) in [4.78, 5) is 11.5. The molecule has 0 saturated carbocycles. The van der Waals surface area contributed by atoms with E-state index in [1.807, 2.05) is 0 Å². The van der Waals surface area contributed by atoms with Gasteiger partial charge in [-0.1, -0.05) is 55.4 Å². The van der Waals surface area contributed by atoms with Crippen LogP contribution in [0.25, 0.3) is 0 Å². The molecule has 0 rings (SSSR count). The maximum Gasteiger partial charge on any atom is 0.306 e. The lowest BCUT2D eigenvalue weighted by atomic mass is 9.76. The molecule has 2 nitrogen and oxygen atoms in total. The zero-order chi connectivity index (χ0) is 16.1. The first-order chi connectivity index (χ1) is 8.82. The zero-order valence-electron chi connectivity index (χ0n) is 14.9. The molecular weight excluding hydrogens is 248 g/mol. The Bertz CT molecular complexity index is 294. The summed E-state index contributed by atoms with van der Waals surface area (Å²) in [5.41, 5.74) is 0.527. The summed E-state index contributed by atoms with van der Waals surface area (Å²) in [6, 6.07) is 0. The lowest BCUT2D eigenvalue weighted by Gasteiger charge is -2.29. The van der Waals surface area contributed by atoms with E-state index in [1.165, 1.54) is 0 Å². The average Bonchev–Trinajstić information content (AvgIpc) is 2.10. The fraction of sp³-hybridized carbons (Fsp3) is 0.944. The Hall–Kier alpha value is -0.530. The normalized spacial score (nSPS) is 17.6. The van der Waals surface area contributed by atoms with Crippen LogP contribution in [0.15, 0.2) is 0 Å². The van der Waals surface area contributed by atoms with Gasteiger partial charge in [-0.05, 0) is 48.3 Å². The Labute approximate surface area is 126 Å². The van der Waals surface area contributed by atoms with Crippen molar-refractivity contribution < 1.29 is 9.90 Å². The van der Waals surface area contributed by atoms with Gasteiger partial charge in [-0.25, -0.2) is 0 Å². The zero-order valence-corrected chi connectivity index (χ0v) is 14.9. The van der Waals surface area contributed by atoms with E-state index in [0.717, 1.165) is 25.7 Å². The molecule has 3 atom stereocenters. The Morgan fingerprint density at radius 3 is 1.70 bits per heavy atom. The first-order valence-corrected chi connectivity index (χ1v) is 8.04. The molecule has 0 aliphatic heterocycles. The Morgan fingerprint density at radius 1 is 0.900 bits per heavy atom. The van der Waals surface area contributed by atoms with Crippen molar-refractivity contribution in [2.75, 3.05) is 0 Å². The van der Waals surface area contributed by atoms with E-state index >= 15 is 0 Å². The second-order valence-corrected chi connectivity index (χ2v) is 9.13. The predicted molar refractivity (Wildman–Crippen MR) is 86.8 cm³/mol. The molecular formula is C18H36O2. The van der Waals surface area contributed by atoms with E-state index in [9.17, 15) is 9.90 Å². The second-order valence-electron chi connectivity index (χ2n) is 9.13. The summed E-state index contributed by atoms with van der Waals surface area (Å²) in [6.45, 7) is 17.7. The fourth-order valence-electron chi connectivity index (χ4n) is 3.37. The Morgan fingerprint density at radius 2 is 1.35 bits per heavy atom. The summed E-state index contributed by atoms with van der Waals surface area (Å²) >= 11 is 0. The molecule has 0 radical (unpaired) electrons. The van der Waals surface area contributed by atoms with E-state index in [2.05, 4.69) is 55.4 Å². The molecule has 20 heavy (non-hydrogen) atoms. The molecule has 2 heteroatoms. The van der Waals surface area contributed by atoms with Gasteiger partial charge >= 0.3 is 5.97 Å². The fourth-order valence-corrected chi connectivity index (χ4v) is 3.37. The third-order valence-electron chi connectivity index (χ3n) is 3.87. The number of hydrogen-bond donors (Lipinski definition) is 1. The van der Waals surface area contributed by atoms with Gasteiger partial charge in [0.05, 0.1) is 5.92 Å². The number of hydrogen-bond acceptors (Lipinski definition) is 1. The highest BCUT2D eigenvalue weighted by atomic mass is 16.4. The van der Waals surface area contributed by atoms with Gasteiger partial charge in [0.2, 0.25) is 0 Å². The van der Waals surface area contributed by atoms with Crippen LogP contribution in [-0.4, -0.2) is 11.1 Å². The molecule has 0 heterocycles. The third kappa shape index (κ3) is 9.39. The van der Waals surface area contributed by atoms with Crippen LogP contribution < -0.4 is 0 Å². The average molecular weight is 284 g/mol. The summed E-state index contributed by atoms with van der Waals surface area (Å²) in [5.74, 6) is 0.0226. The lowest BCUT2D eigenvalue weighted by Crippen LogP contribution is -2.26. The number of aliphatic carboxylic acids is 1. The highest BCUT2D eigenvalue weighted by Gasteiger charge is 2.28. The molecule has 0 spiro atoms. The molecule has 0 unspecified atom stereocenters. The van der Waals surface area contributed by atoms with Gasteiger partial charge in [0.15, 0.2) is 0 Å². The lowest BCUT2D eigenvalue weighted by molar-refractivity contribution is -0.144. The maximum absolute atomic E-state index is 11.5. The third-order valence-corrected chi connectivity index (χ3v) is 3.87. The molecule has 0 saturated heterocycles. The molecule has 1 N–H and O–H groups in total. The molecule has 120 valence electrons. The van der Waals surface area contributed by atoms with Crippen LogP contribution >= 0.6 is 0 Å².